The molecule has 1 heterocycles. The molecule has 0 aromatic carbocycles. The third-order valence-electron chi connectivity index (χ3n) is 2.59. The molecular formula is C9H11NO2+. The lowest BCUT2D eigenvalue weighted by Crippen LogP contribution is -2.21. The topological polar surface area (TPSA) is 37.1 Å². The quantitative estimate of drug-likeness (QED) is 0.508. The van der Waals surface area contributed by atoms with Gasteiger partial charge in [0.15, 0.2) is 0 Å². The van der Waals surface area contributed by atoms with E-state index in [1.807, 2.05) is 0 Å². The fraction of sp³-hybridized carbons (Fsp3) is 0.556. The Morgan fingerprint density at radius 2 is 2.00 bits per heavy atom. The lowest BCUT2D eigenvalue weighted by atomic mass is 9.95. The van der Waals surface area contributed by atoms with Gasteiger partial charge in [0, 0.05) is 23.0 Å². The zero-order valence-corrected chi connectivity index (χ0v) is 6.88. The molecule has 0 aromatic rings. The van der Waals surface area contributed by atoms with Crippen molar-refractivity contribution < 1.29 is 9.55 Å². The summed E-state index contributed by atoms with van der Waals surface area (Å²) < 4.78 is 0.789. The Morgan fingerprint density at radius 1 is 1.33 bits per heavy atom. The van der Waals surface area contributed by atoms with Gasteiger partial charge in [0.05, 0.1) is 5.57 Å². The lowest BCUT2D eigenvalue weighted by molar-refractivity contribution is -0.510. The van der Waals surface area contributed by atoms with Gasteiger partial charge in [-0.2, -0.15) is 0 Å². The van der Waals surface area contributed by atoms with Crippen molar-refractivity contribution in [3.8, 4) is 0 Å². The van der Waals surface area contributed by atoms with Crippen molar-refractivity contribution in [2.75, 3.05) is 0 Å². The smallest absolute Gasteiger partial charge is 0.269 e. The number of hydrogen-bond acceptors (Lipinski definition) is 2. The SMILES string of the molecule is [CH2]C1C(=O)C2=C(CCCC2)[N+]1=O. The molecule has 0 saturated heterocycles. The van der Waals surface area contributed by atoms with Crippen LogP contribution in [0.4, 0.5) is 0 Å². The van der Waals surface area contributed by atoms with Gasteiger partial charge < -0.3 is 0 Å². The lowest BCUT2D eigenvalue weighted by Gasteiger charge is -2.04. The van der Waals surface area contributed by atoms with Gasteiger partial charge >= 0.3 is 0 Å². The highest BCUT2D eigenvalue weighted by atomic mass is 16.3. The summed E-state index contributed by atoms with van der Waals surface area (Å²) >= 11 is 0. The molecule has 0 fully saturated rings. The molecule has 1 radical (unpaired) electrons. The fourth-order valence-electron chi connectivity index (χ4n) is 1.89. The highest BCUT2D eigenvalue weighted by Crippen LogP contribution is 2.32. The Bertz CT molecular complexity index is 263. The number of hydrogen-bond donors (Lipinski definition) is 0. The first kappa shape index (κ1) is 7.65. The number of carbonyl (C=O) groups excluding carboxylic acids is 1. The van der Waals surface area contributed by atoms with Crippen LogP contribution >= 0.6 is 0 Å². The molecule has 1 unspecified atom stereocenters. The highest BCUT2D eigenvalue weighted by Gasteiger charge is 2.46. The van der Waals surface area contributed by atoms with Gasteiger partial charge in [-0.1, -0.05) is 0 Å². The number of carbonyl (C=O) groups is 1. The Hall–Kier alpha value is -0.990. The van der Waals surface area contributed by atoms with E-state index in [0.717, 1.165) is 36.0 Å². The minimum Gasteiger partial charge on any atom is -0.287 e. The molecule has 1 atom stereocenters. The third-order valence-corrected chi connectivity index (χ3v) is 2.59. The zero-order chi connectivity index (χ0) is 8.72. The van der Waals surface area contributed by atoms with Crippen molar-refractivity contribution in [1.82, 2.24) is 0 Å². The van der Waals surface area contributed by atoms with E-state index in [-0.39, 0.29) is 5.78 Å². The van der Waals surface area contributed by atoms with Crippen LogP contribution in [0.2, 0.25) is 0 Å². The summed E-state index contributed by atoms with van der Waals surface area (Å²) in [5.41, 5.74) is 1.45. The van der Waals surface area contributed by atoms with E-state index in [4.69, 9.17) is 0 Å². The van der Waals surface area contributed by atoms with Crippen LogP contribution in [0.3, 0.4) is 0 Å². The van der Waals surface area contributed by atoms with E-state index >= 15 is 0 Å². The second-order valence-corrected chi connectivity index (χ2v) is 3.34. The number of Topliss-reactive ketones (excluding diaryl/α,β-unsaturated/α-hetero) is 1. The molecule has 1 aliphatic carbocycles. The number of nitrogens with zero attached hydrogens (tertiary/aromatic N) is 1. The van der Waals surface area contributed by atoms with Crippen molar-refractivity contribution in [2.24, 2.45) is 0 Å². The van der Waals surface area contributed by atoms with E-state index in [0.29, 0.717) is 5.70 Å². The number of rotatable bonds is 0. The average molecular weight is 165 g/mol. The monoisotopic (exact) mass is 165 g/mol. The zero-order valence-electron chi connectivity index (χ0n) is 6.88. The second kappa shape index (κ2) is 2.51. The van der Waals surface area contributed by atoms with Crippen LogP contribution in [0.1, 0.15) is 25.7 Å². The van der Waals surface area contributed by atoms with Crippen LogP contribution in [0.5, 0.6) is 0 Å². The molecule has 3 nitrogen and oxygen atoms in total. The number of ketones is 1. The summed E-state index contributed by atoms with van der Waals surface area (Å²) in [7, 11) is 0. The van der Waals surface area contributed by atoms with Gasteiger partial charge in [-0.05, 0) is 19.3 Å². The molecule has 0 N–H and O–H groups in total. The van der Waals surface area contributed by atoms with Gasteiger partial charge in [0.25, 0.3) is 6.04 Å². The maximum atomic E-state index is 11.4. The third kappa shape index (κ3) is 0.854. The Balaban J connectivity index is 2.41. The Labute approximate surface area is 71.0 Å². The van der Waals surface area contributed by atoms with E-state index in [9.17, 15) is 9.70 Å². The van der Waals surface area contributed by atoms with Crippen molar-refractivity contribution in [2.45, 2.75) is 31.7 Å². The fourth-order valence-corrected chi connectivity index (χ4v) is 1.89. The first-order valence-corrected chi connectivity index (χ1v) is 4.27. The molecule has 0 amide bonds. The Kier molecular flexibility index (Phi) is 1.60. The highest BCUT2D eigenvalue weighted by molar-refractivity contribution is 6.01. The molecular weight excluding hydrogens is 154 g/mol. The van der Waals surface area contributed by atoms with Gasteiger partial charge in [0.2, 0.25) is 11.5 Å². The summed E-state index contributed by atoms with van der Waals surface area (Å²) in [6, 6.07) is -0.701. The largest absolute Gasteiger partial charge is 0.287 e. The second-order valence-electron chi connectivity index (χ2n) is 3.34. The number of nitroso groups, excluding NO2 is 1. The minimum absolute atomic E-state index is 0.0558. The molecule has 0 spiro atoms. The van der Waals surface area contributed by atoms with Crippen molar-refractivity contribution in [3.05, 3.63) is 23.1 Å². The van der Waals surface area contributed by atoms with E-state index in [2.05, 4.69) is 6.92 Å². The summed E-state index contributed by atoms with van der Waals surface area (Å²) in [5, 5.41) is 0. The van der Waals surface area contributed by atoms with Gasteiger partial charge in [-0.3, -0.25) is 4.79 Å². The predicted molar refractivity (Wildman–Crippen MR) is 43.3 cm³/mol. The van der Waals surface area contributed by atoms with Gasteiger partial charge in [-0.25, -0.2) is 0 Å². The van der Waals surface area contributed by atoms with Crippen molar-refractivity contribution in [3.63, 3.8) is 0 Å². The van der Waals surface area contributed by atoms with Crippen LogP contribution < -0.4 is 0 Å². The van der Waals surface area contributed by atoms with Crippen LogP contribution in [0.15, 0.2) is 11.3 Å². The molecule has 0 bridgehead atoms. The summed E-state index contributed by atoms with van der Waals surface area (Å²) in [4.78, 5) is 22.7. The summed E-state index contributed by atoms with van der Waals surface area (Å²) in [6.45, 7) is 3.55. The maximum Gasteiger partial charge on any atom is 0.269 e. The summed E-state index contributed by atoms with van der Waals surface area (Å²) in [5.74, 6) is -0.0558. The average Bonchev–Trinajstić information content (AvgIpc) is 2.33. The standard InChI is InChI=1S/C9H11NO2/c1-6-9(11)7-4-2-3-5-8(7)10(6)12/h6H,1-5H2/q+1. The first-order valence-electron chi connectivity index (χ1n) is 4.27. The molecule has 0 saturated carbocycles. The predicted octanol–water partition coefficient (Wildman–Crippen LogP) is 1.38. The maximum absolute atomic E-state index is 11.4. The molecule has 2 aliphatic rings. The number of allylic oxidation sites excluding steroid dienone is 1. The van der Waals surface area contributed by atoms with Gasteiger partial charge in [-0.15, -0.1) is 0 Å². The molecule has 12 heavy (non-hydrogen) atoms. The minimum atomic E-state index is -0.701. The van der Waals surface area contributed by atoms with Crippen molar-refractivity contribution in [1.29, 1.82) is 0 Å². The first-order chi connectivity index (χ1) is 5.72. The molecule has 2 rings (SSSR count). The van der Waals surface area contributed by atoms with Crippen LogP contribution in [-0.2, 0) is 4.79 Å². The summed E-state index contributed by atoms with van der Waals surface area (Å²) in [6.07, 6.45) is 3.60. The van der Waals surface area contributed by atoms with E-state index in [1.165, 1.54) is 0 Å². The molecule has 1 aliphatic heterocycles. The van der Waals surface area contributed by atoms with E-state index < -0.39 is 6.04 Å². The van der Waals surface area contributed by atoms with Crippen LogP contribution in [0, 0.1) is 11.8 Å². The molecule has 3 heteroatoms. The van der Waals surface area contributed by atoms with Crippen LogP contribution in [-0.4, -0.2) is 16.6 Å². The normalized spacial score (nSPS) is 29.6. The van der Waals surface area contributed by atoms with Crippen molar-refractivity contribution >= 4 is 5.78 Å². The Morgan fingerprint density at radius 3 is 2.67 bits per heavy atom. The van der Waals surface area contributed by atoms with E-state index in [1.54, 1.807) is 0 Å². The molecule has 0 aromatic heterocycles. The molecule has 63 valence electrons. The van der Waals surface area contributed by atoms with Crippen LogP contribution in [0.25, 0.3) is 0 Å². The van der Waals surface area contributed by atoms with Gasteiger partial charge in [0.1, 0.15) is 0 Å².